The smallest absolute Gasteiger partial charge is 0.337 e. The second kappa shape index (κ2) is 8.90. The molecule has 0 unspecified atom stereocenters. The Morgan fingerprint density at radius 3 is 2.53 bits per heavy atom. The number of methoxy groups -OCH3 is 1. The Morgan fingerprint density at radius 2 is 1.94 bits per heavy atom. The van der Waals surface area contributed by atoms with Crippen LogP contribution in [0.3, 0.4) is 0 Å². The number of hydrogen-bond donors (Lipinski definition) is 0. The summed E-state index contributed by atoms with van der Waals surface area (Å²) in [5.74, 6) is -3.71. The van der Waals surface area contributed by atoms with Crippen LogP contribution in [0.15, 0.2) is 35.5 Å². The van der Waals surface area contributed by atoms with Crippen molar-refractivity contribution in [1.82, 2.24) is 0 Å². The van der Waals surface area contributed by atoms with Gasteiger partial charge in [-0.05, 0) is 33.6 Å². The van der Waals surface area contributed by atoms with Crippen molar-refractivity contribution in [2.24, 2.45) is 5.92 Å². The maximum atomic E-state index is 12.8. The number of rotatable bonds is 4. The minimum absolute atomic E-state index is 0.00669. The number of esters is 4. The third-order valence-electron chi connectivity index (χ3n) is 6.18. The average Bonchev–Trinajstić information content (AvgIpc) is 3.33. The third kappa shape index (κ3) is 4.34. The molecule has 0 bridgehead atoms. The quantitative estimate of drug-likeness (QED) is 0.275. The average molecular weight is 448 g/mol. The number of hydrogen-bond acceptors (Lipinski definition) is 9. The Kier molecular flexibility index (Phi) is 6.59. The van der Waals surface area contributed by atoms with E-state index in [1.54, 1.807) is 26.0 Å². The standard InChI is InChI=1S/C23H28O9/c1-7-11(2)20(25)30-17-15-12(3)21(26)31-18(15)19-23(5,32-19)10-8-9-14(22(27)28-6)16(17)29-13(4)24/h7,9,15-19H,3,8,10H2,1-2,4-6H3/b11-7-,14-9+/t15-,16-,17+,18+,19+,23-/m1/s1. The monoisotopic (exact) mass is 448 g/mol. The zero-order valence-corrected chi connectivity index (χ0v) is 18.8. The first-order chi connectivity index (χ1) is 15.0. The molecule has 3 aliphatic rings. The van der Waals surface area contributed by atoms with E-state index < -0.39 is 59.8 Å². The van der Waals surface area contributed by atoms with Gasteiger partial charge in [-0.3, -0.25) is 4.79 Å². The topological polar surface area (TPSA) is 118 Å². The van der Waals surface area contributed by atoms with Gasteiger partial charge in [0.2, 0.25) is 0 Å². The lowest BCUT2D eigenvalue weighted by atomic mass is 9.80. The second-order valence-electron chi connectivity index (χ2n) is 8.33. The van der Waals surface area contributed by atoms with Crippen LogP contribution in [0.5, 0.6) is 0 Å². The van der Waals surface area contributed by atoms with Crippen LogP contribution in [-0.4, -0.2) is 61.0 Å². The molecule has 0 aromatic carbocycles. The van der Waals surface area contributed by atoms with Crippen molar-refractivity contribution in [2.75, 3.05) is 7.11 Å². The highest BCUT2D eigenvalue weighted by molar-refractivity contribution is 5.93. The molecule has 2 saturated heterocycles. The molecule has 0 spiro atoms. The first-order valence-electron chi connectivity index (χ1n) is 10.4. The van der Waals surface area contributed by atoms with E-state index >= 15 is 0 Å². The summed E-state index contributed by atoms with van der Waals surface area (Å²) in [7, 11) is 1.20. The highest BCUT2D eigenvalue weighted by Crippen LogP contribution is 2.50. The molecule has 9 nitrogen and oxygen atoms in total. The number of epoxide rings is 1. The third-order valence-corrected chi connectivity index (χ3v) is 6.18. The van der Waals surface area contributed by atoms with E-state index in [0.717, 1.165) is 0 Å². The second-order valence-corrected chi connectivity index (χ2v) is 8.33. The SMILES string of the molecule is C=C1C(=O)O[C@H]2[C@H]1[C@H](OC(=O)/C(C)=C\C)[C@H](OC(C)=O)/C(C(=O)OC)=C\CC[C@@]1(C)O[C@@H]21. The molecule has 2 aliphatic heterocycles. The van der Waals surface area contributed by atoms with Crippen molar-refractivity contribution in [3.63, 3.8) is 0 Å². The largest absolute Gasteiger partial charge is 0.466 e. The molecule has 3 rings (SSSR count). The van der Waals surface area contributed by atoms with Crippen LogP contribution in [-0.2, 0) is 42.9 Å². The van der Waals surface area contributed by atoms with Gasteiger partial charge in [0, 0.05) is 18.1 Å². The highest BCUT2D eigenvalue weighted by atomic mass is 16.7. The van der Waals surface area contributed by atoms with Gasteiger partial charge in [0.05, 0.1) is 24.2 Å². The molecule has 9 heteroatoms. The molecule has 0 saturated carbocycles. The summed E-state index contributed by atoms with van der Waals surface area (Å²) in [6.45, 7) is 10.1. The van der Waals surface area contributed by atoms with Crippen LogP contribution in [0.4, 0.5) is 0 Å². The minimum atomic E-state index is -1.34. The number of carbonyl (C=O) groups is 4. The summed E-state index contributed by atoms with van der Waals surface area (Å²) < 4.78 is 27.6. The van der Waals surface area contributed by atoms with E-state index in [9.17, 15) is 19.2 Å². The van der Waals surface area contributed by atoms with Crippen LogP contribution in [0.1, 0.15) is 40.5 Å². The van der Waals surface area contributed by atoms with Crippen molar-refractivity contribution >= 4 is 23.9 Å². The molecule has 0 aromatic heterocycles. The maximum Gasteiger partial charge on any atom is 0.337 e. The molecule has 2 fully saturated rings. The van der Waals surface area contributed by atoms with Crippen LogP contribution >= 0.6 is 0 Å². The van der Waals surface area contributed by atoms with Gasteiger partial charge in [0.25, 0.3) is 0 Å². The Hall–Kier alpha value is -2.94. The van der Waals surface area contributed by atoms with Gasteiger partial charge in [0.15, 0.2) is 12.2 Å². The molecule has 0 N–H and O–H groups in total. The lowest BCUT2D eigenvalue weighted by Crippen LogP contribution is -2.48. The summed E-state index contributed by atoms with van der Waals surface area (Å²) in [4.78, 5) is 49.9. The highest BCUT2D eigenvalue weighted by Gasteiger charge is 2.64. The zero-order chi connectivity index (χ0) is 23.8. The van der Waals surface area contributed by atoms with Gasteiger partial charge < -0.3 is 23.7 Å². The summed E-state index contributed by atoms with van der Waals surface area (Å²) in [5.41, 5.74) is -0.238. The van der Waals surface area contributed by atoms with Gasteiger partial charge >= 0.3 is 23.9 Å². The van der Waals surface area contributed by atoms with E-state index in [0.29, 0.717) is 18.4 Å². The molecule has 32 heavy (non-hydrogen) atoms. The normalized spacial score (nSPS) is 36.0. The number of allylic oxidation sites excluding steroid dienone is 2. The van der Waals surface area contributed by atoms with Gasteiger partial charge in [-0.25, -0.2) is 14.4 Å². The van der Waals surface area contributed by atoms with Crippen LogP contribution in [0, 0.1) is 5.92 Å². The molecular weight excluding hydrogens is 420 g/mol. The molecule has 0 aromatic rings. The summed E-state index contributed by atoms with van der Waals surface area (Å²) in [6, 6.07) is 0. The molecule has 6 atom stereocenters. The van der Waals surface area contributed by atoms with E-state index in [1.807, 2.05) is 6.92 Å². The van der Waals surface area contributed by atoms with Gasteiger partial charge in [-0.1, -0.05) is 18.7 Å². The van der Waals surface area contributed by atoms with Gasteiger partial charge in [0.1, 0.15) is 12.2 Å². The minimum Gasteiger partial charge on any atom is -0.466 e. The van der Waals surface area contributed by atoms with E-state index in [2.05, 4.69) is 6.58 Å². The lowest BCUT2D eigenvalue weighted by Gasteiger charge is -2.33. The van der Waals surface area contributed by atoms with Crippen LogP contribution in [0.2, 0.25) is 0 Å². The van der Waals surface area contributed by atoms with Crippen molar-refractivity contribution < 1.29 is 42.9 Å². The first kappa shape index (κ1) is 23.7. The molecule has 2 heterocycles. The van der Waals surface area contributed by atoms with E-state index in [-0.39, 0.29) is 11.1 Å². The maximum absolute atomic E-state index is 12.8. The van der Waals surface area contributed by atoms with Crippen LogP contribution < -0.4 is 0 Å². The van der Waals surface area contributed by atoms with E-state index in [4.69, 9.17) is 23.7 Å². The van der Waals surface area contributed by atoms with Crippen molar-refractivity contribution in [1.29, 1.82) is 0 Å². The Labute approximate surface area is 186 Å². The number of carbonyl (C=O) groups excluding carboxylic acids is 4. The van der Waals surface area contributed by atoms with Gasteiger partial charge in [-0.15, -0.1) is 0 Å². The molecule has 1 aliphatic carbocycles. The summed E-state index contributed by atoms with van der Waals surface area (Å²) >= 11 is 0. The van der Waals surface area contributed by atoms with Gasteiger partial charge in [-0.2, -0.15) is 0 Å². The molecule has 0 radical (unpaired) electrons. The van der Waals surface area contributed by atoms with Crippen LogP contribution in [0.25, 0.3) is 0 Å². The van der Waals surface area contributed by atoms with Crippen molar-refractivity contribution in [3.8, 4) is 0 Å². The first-order valence-corrected chi connectivity index (χ1v) is 10.4. The fraction of sp³-hybridized carbons (Fsp3) is 0.565. The van der Waals surface area contributed by atoms with Crippen molar-refractivity contribution in [2.45, 2.75) is 70.6 Å². The molecular formula is C23H28O9. The number of fused-ring (bicyclic) bond motifs is 3. The predicted molar refractivity (Wildman–Crippen MR) is 110 cm³/mol. The fourth-order valence-electron chi connectivity index (χ4n) is 4.21. The Morgan fingerprint density at radius 1 is 1.25 bits per heavy atom. The lowest BCUT2D eigenvalue weighted by molar-refractivity contribution is -0.168. The Bertz CT molecular complexity index is 914. The zero-order valence-electron chi connectivity index (χ0n) is 18.8. The van der Waals surface area contributed by atoms with E-state index in [1.165, 1.54) is 14.0 Å². The predicted octanol–water partition coefficient (Wildman–Crippen LogP) is 1.94. The summed E-state index contributed by atoms with van der Waals surface area (Å²) in [6.07, 6.45) is 0.190. The van der Waals surface area contributed by atoms with Crippen molar-refractivity contribution in [3.05, 3.63) is 35.5 Å². The fourth-order valence-corrected chi connectivity index (χ4v) is 4.21. The number of ether oxygens (including phenoxy) is 5. The molecule has 174 valence electrons. The summed E-state index contributed by atoms with van der Waals surface area (Å²) in [5, 5.41) is 0. The molecule has 0 amide bonds. The Balaban J connectivity index is 2.17.